The Bertz CT molecular complexity index is 527. The molecule has 2 aromatic heterocycles. The van der Waals surface area contributed by atoms with Crippen molar-refractivity contribution < 1.29 is 9.15 Å². The topological polar surface area (TPSA) is 111 Å². The summed E-state index contributed by atoms with van der Waals surface area (Å²) in [6, 6.07) is 0. The first-order valence-electron chi connectivity index (χ1n) is 5.25. The minimum absolute atomic E-state index is 0.394. The number of nitrogens with two attached hydrogens (primary N) is 1. The Morgan fingerprint density at radius 1 is 1.33 bits per heavy atom. The largest absolute Gasteiger partial charge is 0.490 e. The Labute approximate surface area is 104 Å². The molecule has 0 amide bonds. The van der Waals surface area contributed by atoms with Crippen LogP contribution in [0.25, 0.3) is 0 Å². The van der Waals surface area contributed by atoms with Gasteiger partial charge in [0.25, 0.3) is 0 Å². The van der Waals surface area contributed by atoms with E-state index in [1.807, 2.05) is 6.92 Å². The minimum atomic E-state index is 0.394. The zero-order valence-electron chi connectivity index (χ0n) is 10.1. The van der Waals surface area contributed by atoms with Crippen molar-refractivity contribution in [3.63, 3.8) is 0 Å². The lowest BCUT2D eigenvalue weighted by molar-refractivity contribution is 0.414. The fourth-order valence-electron chi connectivity index (χ4n) is 1.44. The first-order valence-corrected chi connectivity index (χ1v) is 5.25. The summed E-state index contributed by atoms with van der Waals surface area (Å²) in [6.07, 6.45) is 3.03. The number of aryl methyl sites for hydroxylation is 1. The van der Waals surface area contributed by atoms with E-state index >= 15 is 0 Å². The summed E-state index contributed by atoms with van der Waals surface area (Å²) >= 11 is 0. The van der Waals surface area contributed by atoms with E-state index in [4.69, 9.17) is 15.0 Å². The highest BCUT2D eigenvalue weighted by Crippen LogP contribution is 2.28. The molecule has 2 aromatic rings. The number of nitrogen functional groups attached to an aromatic ring is 1. The zero-order chi connectivity index (χ0) is 13.0. The summed E-state index contributed by atoms with van der Waals surface area (Å²) in [5.74, 6) is 7.99. The van der Waals surface area contributed by atoms with Crippen molar-refractivity contribution in [3.05, 3.63) is 24.2 Å². The van der Waals surface area contributed by atoms with Crippen LogP contribution in [-0.2, 0) is 6.54 Å². The summed E-state index contributed by atoms with van der Waals surface area (Å²) in [6.45, 7) is 2.23. The van der Waals surface area contributed by atoms with E-state index in [1.54, 1.807) is 6.20 Å². The lowest BCUT2D eigenvalue weighted by Crippen LogP contribution is -2.12. The average molecular weight is 250 g/mol. The summed E-state index contributed by atoms with van der Waals surface area (Å²) in [7, 11) is 1.51. The second-order valence-electron chi connectivity index (χ2n) is 3.47. The molecule has 0 aromatic carbocycles. The van der Waals surface area contributed by atoms with Gasteiger partial charge in [0, 0.05) is 0 Å². The maximum atomic E-state index is 5.34. The molecular formula is C10H14N6O2. The molecule has 2 rings (SSSR count). The number of methoxy groups -OCH3 is 1. The second kappa shape index (κ2) is 5.32. The maximum absolute atomic E-state index is 5.34. The molecule has 0 aliphatic rings. The van der Waals surface area contributed by atoms with Crippen LogP contribution >= 0.6 is 0 Å². The molecule has 0 fully saturated rings. The number of oxazole rings is 1. The summed E-state index contributed by atoms with van der Waals surface area (Å²) in [4.78, 5) is 12.1. The Hall–Kier alpha value is -2.35. The molecule has 0 atom stereocenters. The molecule has 0 radical (unpaired) electrons. The zero-order valence-corrected chi connectivity index (χ0v) is 10.1. The number of ether oxygens (including phenoxy) is 1. The summed E-state index contributed by atoms with van der Waals surface area (Å²) in [5, 5.41) is 3.04. The van der Waals surface area contributed by atoms with Crippen molar-refractivity contribution >= 4 is 11.6 Å². The third-order valence-electron chi connectivity index (χ3n) is 2.22. The van der Waals surface area contributed by atoms with Gasteiger partial charge in [0.1, 0.15) is 12.1 Å². The van der Waals surface area contributed by atoms with Gasteiger partial charge in [-0.1, -0.05) is 0 Å². The van der Waals surface area contributed by atoms with Gasteiger partial charge in [-0.3, -0.25) is 0 Å². The Morgan fingerprint density at radius 3 is 2.72 bits per heavy atom. The smallest absolute Gasteiger partial charge is 0.213 e. The quantitative estimate of drug-likeness (QED) is 0.524. The number of nitrogens with zero attached hydrogens (tertiary/aromatic N) is 3. The van der Waals surface area contributed by atoms with Crippen molar-refractivity contribution in [1.29, 1.82) is 0 Å². The predicted octanol–water partition coefficient (Wildman–Crippen LogP) is 0.679. The Kier molecular flexibility index (Phi) is 3.58. The Balaban J connectivity index is 2.13. The van der Waals surface area contributed by atoms with Crippen LogP contribution in [0.5, 0.6) is 5.75 Å². The molecule has 0 saturated carbocycles. The van der Waals surface area contributed by atoms with Gasteiger partial charge >= 0.3 is 0 Å². The molecule has 0 aliphatic heterocycles. The van der Waals surface area contributed by atoms with E-state index in [-0.39, 0.29) is 0 Å². The van der Waals surface area contributed by atoms with Crippen LogP contribution in [-0.4, -0.2) is 22.1 Å². The van der Waals surface area contributed by atoms with Crippen molar-refractivity contribution in [2.75, 3.05) is 17.9 Å². The highest BCUT2D eigenvalue weighted by atomic mass is 16.5. The fourth-order valence-corrected chi connectivity index (χ4v) is 1.44. The number of hydrogen-bond donors (Lipinski definition) is 3. The van der Waals surface area contributed by atoms with Gasteiger partial charge in [-0.15, -0.1) is 0 Å². The molecule has 8 nitrogen and oxygen atoms in total. The van der Waals surface area contributed by atoms with E-state index in [0.29, 0.717) is 29.8 Å². The Morgan fingerprint density at radius 2 is 2.11 bits per heavy atom. The SMILES string of the molecule is COc1c(NN)ncnc1NCc1ncc(C)o1. The number of nitrogens with one attached hydrogen (secondary N) is 2. The van der Waals surface area contributed by atoms with Gasteiger partial charge < -0.3 is 19.9 Å². The van der Waals surface area contributed by atoms with Crippen LogP contribution in [0.2, 0.25) is 0 Å². The number of hydrazine groups is 1. The highest BCUT2D eigenvalue weighted by molar-refractivity contribution is 5.62. The van der Waals surface area contributed by atoms with E-state index in [9.17, 15) is 0 Å². The summed E-state index contributed by atoms with van der Waals surface area (Å²) in [5.41, 5.74) is 2.43. The fraction of sp³-hybridized carbons (Fsp3) is 0.300. The molecule has 0 unspecified atom stereocenters. The molecule has 96 valence electrons. The average Bonchev–Trinajstić information content (AvgIpc) is 2.81. The van der Waals surface area contributed by atoms with E-state index in [1.165, 1.54) is 13.4 Å². The van der Waals surface area contributed by atoms with Crippen molar-refractivity contribution in [2.45, 2.75) is 13.5 Å². The van der Waals surface area contributed by atoms with E-state index < -0.39 is 0 Å². The normalized spacial score (nSPS) is 10.2. The number of rotatable bonds is 5. The van der Waals surface area contributed by atoms with Crippen molar-refractivity contribution in [1.82, 2.24) is 15.0 Å². The molecule has 18 heavy (non-hydrogen) atoms. The van der Waals surface area contributed by atoms with Crippen LogP contribution in [0.3, 0.4) is 0 Å². The third-order valence-corrected chi connectivity index (χ3v) is 2.22. The van der Waals surface area contributed by atoms with E-state index in [2.05, 4.69) is 25.7 Å². The molecule has 0 aliphatic carbocycles. The second-order valence-corrected chi connectivity index (χ2v) is 3.47. The van der Waals surface area contributed by atoms with Crippen molar-refractivity contribution in [2.24, 2.45) is 5.84 Å². The predicted molar refractivity (Wildman–Crippen MR) is 65.0 cm³/mol. The molecule has 0 saturated heterocycles. The van der Waals surface area contributed by atoms with E-state index in [0.717, 1.165) is 5.76 Å². The van der Waals surface area contributed by atoms with Gasteiger partial charge in [-0.2, -0.15) is 0 Å². The third kappa shape index (κ3) is 2.48. The van der Waals surface area contributed by atoms with Gasteiger partial charge in [0.05, 0.1) is 19.9 Å². The van der Waals surface area contributed by atoms with Crippen LogP contribution < -0.4 is 21.3 Å². The lowest BCUT2D eigenvalue weighted by Gasteiger charge is -2.11. The molecular weight excluding hydrogens is 236 g/mol. The van der Waals surface area contributed by atoms with Gasteiger partial charge in [-0.05, 0) is 6.92 Å². The maximum Gasteiger partial charge on any atom is 0.213 e. The molecule has 0 bridgehead atoms. The molecule has 8 heteroatoms. The number of aromatic nitrogens is 3. The number of hydrogen-bond acceptors (Lipinski definition) is 8. The van der Waals surface area contributed by atoms with Gasteiger partial charge in [0.2, 0.25) is 11.6 Å². The van der Waals surface area contributed by atoms with Gasteiger partial charge in [-0.25, -0.2) is 20.8 Å². The first kappa shape index (κ1) is 12.1. The van der Waals surface area contributed by atoms with Crippen LogP contribution in [0.1, 0.15) is 11.7 Å². The minimum Gasteiger partial charge on any atom is -0.490 e. The molecule has 2 heterocycles. The molecule has 0 spiro atoms. The van der Waals surface area contributed by atoms with Crippen LogP contribution in [0.4, 0.5) is 11.6 Å². The highest BCUT2D eigenvalue weighted by Gasteiger charge is 2.11. The van der Waals surface area contributed by atoms with Crippen molar-refractivity contribution in [3.8, 4) is 5.75 Å². The van der Waals surface area contributed by atoms with Crippen LogP contribution in [0, 0.1) is 6.92 Å². The van der Waals surface area contributed by atoms with Crippen LogP contribution in [0.15, 0.2) is 16.9 Å². The summed E-state index contributed by atoms with van der Waals surface area (Å²) < 4.78 is 10.5. The monoisotopic (exact) mass is 250 g/mol. The van der Waals surface area contributed by atoms with Gasteiger partial charge in [0.15, 0.2) is 11.6 Å². The standard InChI is InChI=1S/C10H14N6O2/c1-6-3-12-7(18-6)4-13-9-8(17-2)10(16-11)15-5-14-9/h3,5H,4,11H2,1-2H3,(H2,13,14,15,16). The lowest BCUT2D eigenvalue weighted by atomic mass is 10.4. The first-order chi connectivity index (χ1) is 8.74. The molecule has 4 N–H and O–H groups in total. The number of anilines is 2.